The fraction of sp³-hybridized carbons (Fsp3) is 0.333. The summed E-state index contributed by atoms with van der Waals surface area (Å²) >= 11 is 6.30. The number of halogens is 1. The first-order chi connectivity index (χ1) is 14.7. The standard InChI is InChI=1S/C24H26ClNO5/c1-24(2,3)31-22(28)15-17-7-4-5-8-19(17)26-21(27)10-9-16-13-18(25)23-20(14-16)29-11-6-12-30-23/h4-5,7-10,13-14H,6,11-12,15H2,1-3H3,(H,26,27)/b10-9-. The van der Waals surface area contributed by atoms with Crippen molar-refractivity contribution in [3.05, 3.63) is 58.6 Å². The lowest BCUT2D eigenvalue weighted by Gasteiger charge is -2.20. The molecule has 31 heavy (non-hydrogen) atoms. The third-order valence-electron chi connectivity index (χ3n) is 4.28. The first kappa shape index (κ1) is 22.7. The number of fused-ring (bicyclic) bond motifs is 1. The summed E-state index contributed by atoms with van der Waals surface area (Å²) in [6, 6.07) is 10.6. The molecule has 7 heteroatoms. The minimum atomic E-state index is -0.568. The van der Waals surface area contributed by atoms with Gasteiger partial charge >= 0.3 is 5.97 Å². The van der Waals surface area contributed by atoms with E-state index < -0.39 is 5.60 Å². The van der Waals surface area contributed by atoms with Crippen molar-refractivity contribution in [3.63, 3.8) is 0 Å². The molecule has 0 atom stereocenters. The van der Waals surface area contributed by atoms with Crippen LogP contribution in [-0.4, -0.2) is 30.7 Å². The molecule has 1 aliphatic rings. The lowest BCUT2D eigenvalue weighted by atomic mass is 10.1. The predicted molar refractivity (Wildman–Crippen MR) is 121 cm³/mol. The van der Waals surface area contributed by atoms with Crippen LogP contribution in [0, 0.1) is 0 Å². The van der Waals surface area contributed by atoms with Gasteiger partial charge in [0.25, 0.3) is 0 Å². The summed E-state index contributed by atoms with van der Waals surface area (Å²) in [5, 5.41) is 3.25. The van der Waals surface area contributed by atoms with Crippen LogP contribution in [0.5, 0.6) is 11.5 Å². The topological polar surface area (TPSA) is 73.9 Å². The normalized spacial score (nSPS) is 13.5. The minimum Gasteiger partial charge on any atom is -0.489 e. The van der Waals surface area contributed by atoms with Gasteiger partial charge in [-0.15, -0.1) is 0 Å². The van der Waals surface area contributed by atoms with Crippen molar-refractivity contribution in [1.29, 1.82) is 0 Å². The molecule has 0 saturated heterocycles. The van der Waals surface area contributed by atoms with Crippen LogP contribution >= 0.6 is 11.6 Å². The molecule has 1 heterocycles. The van der Waals surface area contributed by atoms with Crippen LogP contribution < -0.4 is 14.8 Å². The van der Waals surface area contributed by atoms with Gasteiger partial charge in [0.1, 0.15) is 5.60 Å². The minimum absolute atomic E-state index is 0.0647. The Kier molecular flexibility index (Phi) is 7.23. The summed E-state index contributed by atoms with van der Waals surface area (Å²) in [6.45, 7) is 6.54. The highest BCUT2D eigenvalue weighted by atomic mass is 35.5. The molecule has 6 nitrogen and oxygen atoms in total. The summed E-state index contributed by atoms with van der Waals surface area (Å²) in [5.41, 5.74) is 1.38. The van der Waals surface area contributed by atoms with E-state index in [1.54, 1.807) is 36.4 Å². The molecule has 0 aromatic heterocycles. The van der Waals surface area contributed by atoms with Gasteiger partial charge in [0.05, 0.1) is 24.7 Å². The highest BCUT2D eigenvalue weighted by Crippen LogP contribution is 2.38. The summed E-state index contributed by atoms with van der Waals surface area (Å²) in [7, 11) is 0. The Morgan fingerprint density at radius 2 is 1.90 bits per heavy atom. The van der Waals surface area contributed by atoms with Gasteiger partial charge in [-0.1, -0.05) is 29.8 Å². The highest BCUT2D eigenvalue weighted by molar-refractivity contribution is 6.32. The van der Waals surface area contributed by atoms with E-state index in [2.05, 4.69) is 5.32 Å². The molecule has 0 aliphatic carbocycles. The number of ether oxygens (including phenoxy) is 3. The van der Waals surface area contributed by atoms with E-state index in [1.165, 1.54) is 6.08 Å². The van der Waals surface area contributed by atoms with Crippen LogP contribution in [0.1, 0.15) is 38.3 Å². The van der Waals surface area contributed by atoms with Crippen LogP contribution in [0.2, 0.25) is 5.02 Å². The summed E-state index contributed by atoms with van der Waals surface area (Å²) in [4.78, 5) is 24.6. The average Bonchev–Trinajstić information content (AvgIpc) is 2.92. The van der Waals surface area contributed by atoms with Crippen molar-refractivity contribution in [2.75, 3.05) is 18.5 Å². The number of carbonyl (C=O) groups is 2. The number of para-hydroxylation sites is 1. The molecule has 3 rings (SSSR count). The maximum Gasteiger partial charge on any atom is 0.310 e. The van der Waals surface area contributed by atoms with Crippen LogP contribution in [0.3, 0.4) is 0 Å². The maximum absolute atomic E-state index is 12.5. The lowest BCUT2D eigenvalue weighted by Crippen LogP contribution is -2.25. The van der Waals surface area contributed by atoms with E-state index in [1.807, 2.05) is 26.8 Å². The fourth-order valence-electron chi connectivity index (χ4n) is 3.02. The van der Waals surface area contributed by atoms with Crippen molar-refractivity contribution in [1.82, 2.24) is 0 Å². The van der Waals surface area contributed by atoms with Gasteiger partial charge < -0.3 is 19.5 Å². The molecule has 0 saturated carbocycles. The first-order valence-corrected chi connectivity index (χ1v) is 10.5. The Morgan fingerprint density at radius 1 is 1.16 bits per heavy atom. The van der Waals surface area contributed by atoms with Gasteiger partial charge in [-0.25, -0.2) is 0 Å². The quantitative estimate of drug-likeness (QED) is 0.517. The van der Waals surface area contributed by atoms with Gasteiger partial charge in [0, 0.05) is 18.2 Å². The van der Waals surface area contributed by atoms with Crippen LogP contribution in [0.4, 0.5) is 5.69 Å². The van der Waals surface area contributed by atoms with Gasteiger partial charge in [0.2, 0.25) is 5.91 Å². The first-order valence-electron chi connectivity index (χ1n) is 10.1. The molecule has 0 fully saturated rings. The third-order valence-corrected chi connectivity index (χ3v) is 4.56. The number of hydrogen-bond acceptors (Lipinski definition) is 5. The number of hydrogen-bond donors (Lipinski definition) is 1. The SMILES string of the molecule is CC(C)(C)OC(=O)Cc1ccccc1NC(=O)/C=C\c1cc(Cl)c2c(c1)OCCCO2. The molecule has 2 aromatic rings. The number of anilines is 1. The summed E-state index contributed by atoms with van der Waals surface area (Å²) < 4.78 is 16.7. The summed E-state index contributed by atoms with van der Waals surface area (Å²) in [6.07, 6.45) is 3.89. The van der Waals surface area contributed by atoms with Crippen molar-refractivity contribution < 1.29 is 23.8 Å². The summed E-state index contributed by atoms with van der Waals surface area (Å²) in [5.74, 6) is 0.399. The molecule has 0 bridgehead atoms. The number of carbonyl (C=O) groups excluding carboxylic acids is 2. The largest absolute Gasteiger partial charge is 0.489 e. The van der Waals surface area contributed by atoms with E-state index in [0.717, 1.165) is 6.42 Å². The monoisotopic (exact) mass is 443 g/mol. The van der Waals surface area contributed by atoms with Gasteiger partial charge in [-0.2, -0.15) is 0 Å². The van der Waals surface area contributed by atoms with E-state index in [0.29, 0.717) is 46.5 Å². The molecular formula is C24H26ClNO5. The molecular weight excluding hydrogens is 418 g/mol. The Bertz CT molecular complexity index is 994. The van der Waals surface area contributed by atoms with Crippen molar-refractivity contribution >= 4 is 35.2 Å². The van der Waals surface area contributed by atoms with Crippen LogP contribution in [-0.2, 0) is 20.7 Å². The van der Waals surface area contributed by atoms with Gasteiger partial charge in [-0.05, 0) is 56.2 Å². The second-order valence-electron chi connectivity index (χ2n) is 8.12. The lowest BCUT2D eigenvalue weighted by molar-refractivity contribution is -0.153. The number of benzene rings is 2. The number of nitrogens with one attached hydrogen (secondary N) is 1. The zero-order chi connectivity index (χ0) is 22.4. The van der Waals surface area contributed by atoms with Crippen molar-refractivity contribution in [3.8, 4) is 11.5 Å². The van der Waals surface area contributed by atoms with Gasteiger partial charge in [-0.3, -0.25) is 9.59 Å². The molecule has 0 spiro atoms. The Hall–Kier alpha value is -2.99. The van der Waals surface area contributed by atoms with E-state index in [9.17, 15) is 9.59 Å². The Morgan fingerprint density at radius 3 is 2.68 bits per heavy atom. The number of rotatable bonds is 5. The molecule has 1 amide bonds. The van der Waals surface area contributed by atoms with Gasteiger partial charge in [0.15, 0.2) is 11.5 Å². The predicted octanol–water partition coefficient (Wildman–Crippen LogP) is 5.04. The maximum atomic E-state index is 12.5. The van der Waals surface area contributed by atoms with E-state index in [4.69, 9.17) is 25.8 Å². The second-order valence-corrected chi connectivity index (χ2v) is 8.53. The molecule has 0 unspecified atom stereocenters. The smallest absolute Gasteiger partial charge is 0.310 e. The van der Waals surface area contributed by atoms with Crippen LogP contribution in [0.25, 0.3) is 6.08 Å². The fourth-order valence-corrected chi connectivity index (χ4v) is 3.30. The molecule has 164 valence electrons. The molecule has 1 N–H and O–H groups in total. The van der Waals surface area contributed by atoms with Crippen molar-refractivity contribution in [2.45, 2.75) is 39.2 Å². The zero-order valence-corrected chi connectivity index (χ0v) is 18.6. The number of esters is 1. The average molecular weight is 444 g/mol. The zero-order valence-electron chi connectivity index (χ0n) is 17.9. The molecule has 1 aliphatic heterocycles. The Balaban J connectivity index is 1.69. The van der Waals surface area contributed by atoms with E-state index in [-0.39, 0.29) is 18.3 Å². The van der Waals surface area contributed by atoms with Crippen molar-refractivity contribution in [2.24, 2.45) is 0 Å². The molecule has 2 aromatic carbocycles. The highest BCUT2D eigenvalue weighted by Gasteiger charge is 2.18. The second kappa shape index (κ2) is 9.88. The van der Waals surface area contributed by atoms with Crippen LogP contribution in [0.15, 0.2) is 42.5 Å². The number of amides is 1. The molecule has 0 radical (unpaired) electrons. The third kappa shape index (κ3) is 6.76. The Labute approximate surface area is 187 Å². The van der Waals surface area contributed by atoms with E-state index >= 15 is 0 Å².